The molecule has 0 saturated carbocycles. The molecule has 0 radical (unpaired) electrons. The van der Waals surface area contributed by atoms with Crippen LogP contribution in [0.1, 0.15) is 80.0 Å². The van der Waals surface area contributed by atoms with Crippen LogP contribution in [0, 0.1) is 23.7 Å². The SMILES string of the molecule is C=C1c2cc3c(cc2C2=CCC=CC=CCC(C)C12)C(CCCC1CCC=CC1N)C1C=CC=CC1=C3. The van der Waals surface area contributed by atoms with Crippen LogP contribution in [0.25, 0.3) is 17.2 Å². The van der Waals surface area contributed by atoms with Crippen LogP contribution in [0.5, 0.6) is 0 Å². The van der Waals surface area contributed by atoms with Crippen LogP contribution in [0.3, 0.4) is 0 Å². The summed E-state index contributed by atoms with van der Waals surface area (Å²) in [7, 11) is 0. The molecule has 0 aliphatic heterocycles. The van der Waals surface area contributed by atoms with Gasteiger partial charge in [-0.15, -0.1) is 0 Å². The molecule has 0 fully saturated rings. The van der Waals surface area contributed by atoms with Gasteiger partial charge in [-0.3, -0.25) is 0 Å². The average molecular weight is 488 g/mol. The third kappa shape index (κ3) is 4.64. The van der Waals surface area contributed by atoms with E-state index in [4.69, 9.17) is 5.73 Å². The fourth-order valence-corrected chi connectivity index (χ4v) is 7.50. The largest absolute Gasteiger partial charge is 0.324 e. The molecular weight excluding hydrogens is 446 g/mol. The van der Waals surface area contributed by atoms with Crippen molar-refractivity contribution in [2.75, 3.05) is 0 Å². The predicted molar refractivity (Wildman–Crippen MR) is 160 cm³/mol. The minimum atomic E-state index is 0.233. The summed E-state index contributed by atoms with van der Waals surface area (Å²) in [5, 5.41) is 0. The van der Waals surface area contributed by atoms with Crippen molar-refractivity contribution in [3.63, 3.8) is 0 Å². The van der Waals surface area contributed by atoms with Gasteiger partial charge < -0.3 is 5.73 Å². The normalized spacial score (nSPS) is 31.8. The standard InChI is InChI=1S/C36H41N/c1-24-13-6-4-3-5-7-18-31-34-23-33-28(22-32(34)25(2)36(24)31)21-27-15-8-10-17-29(27)30(33)19-12-16-26-14-9-11-20-35(26)37/h3-6,8,10-11,15,17-18,20-24,26,29-30,35-36H,2,7,9,12-14,16,19,37H2,1H3. The Morgan fingerprint density at radius 1 is 0.973 bits per heavy atom. The molecule has 0 bridgehead atoms. The Hall–Kier alpha value is -2.90. The second-order valence-corrected chi connectivity index (χ2v) is 11.8. The van der Waals surface area contributed by atoms with Gasteiger partial charge in [-0.05, 0) is 107 Å². The summed E-state index contributed by atoms with van der Waals surface area (Å²) in [5.41, 5.74) is 16.5. The number of rotatable bonds is 4. The molecule has 1 heteroatoms. The number of allylic oxidation sites excluding steroid dienone is 13. The Bertz CT molecular complexity index is 1280. The second-order valence-electron chi connectivity index (χ2n) is 11.8. The zero-order valence-corrected chi connectivity index (χ0v) is 22.3. The number of benzene rings is 1. The van der Waals surface area contributed by atoms with Crippen molar-refractivity contribution < 1.29 is 0 Å². The lowest BCUT2D eigenvalue weighted by molar-refractivity contribution is 0.369. The fourth-order valence-electron chi connectivity index (χ4n) is 7.50. The number of nitrogens with two attached hydrogens (primary N) is 1. The fraction of sp³-hybridized carbons (Fsp3) is 0.389. The topological polar surface area (TPSA) is 26.0 Å². The zero-order valence-electron chi connectivity index (χ0n) is 22.3. The quantitative estimate of drug-likeness (QED) is 0.421. The molecule has 1 aromatic carbocycles. The van der Waals surface area contributed by atoms with Crippen LogP contribution in [-0.4, -0.2) is 6.04 Å². The highest BCUT2D eigenvalue weighted by Crippen LogP contribution is 2.53. The number of hydrogen-bond donors (Lipinski definition) is 1. The average Bonchev–Trinajstić information content (AvgIpc) is 3.18. The number of hydrogen-bond acceptors (Lipinski definition) is 1. The van der Waals surface area contributed by atoms with Gasteiger partial charge in [-0.25, -0.2) is 0 Å². The first-order valence-electron chi connectivity index (χ1n) is 14.5. The van der Waals surface area contributed by atoms with Gasteiger partial charge in [0.2, 0.25) is 0 Å². The van der Waals surface area contributed by atoms with Gasteiger partial charge in [-0.2, -0.15) is 0 Å². The molecular formula is C36H41N. The summed E-state index contributed by atoms with van der Waals surface area (Å²) in [6, 6.07) is 5.28. The van der Waals surface area contributed by atoms with Crippen LogP contribution in [0.2, 0.25) is 0 Å². The lowest BCUT2D eigenvalue weighted by atomic mass is 9.70. The van der Waals surface area contributed by atoms with E-state index >= 15 is 0 Å². The van der Waals surface area contributed by atoms with Gasteiger partial charge in [0.05, 0.1) is 0 Å². The molecule has 37 heavy (non-hydrogen) atoms. The third-order valence-corrected chi connectivity index (χ3v) is 9.48. The molecule has 0 spiro atoms. The lowest BCUT2D eigenvalue weighted by Gasteiger charge is -2.34. The van der Waals surface area contributed by atoms with Crippen LogP contribution in [-0.2, 0) is 0 Å². The highest BCUT2D eigenvalue weighted by molar-refractivity contribution is 5.95. The molecule has 0 heterocycles. The predicted octanol–water partition coefficient (Wildman–Crippen LogP) is 8.94. The van der Waals surface area contributed by atoms with Crippen LogP contribution in [0.4, 0.5) is 0 Å². The van der Waals surface area contributed by atoms with Gasteiger partial charge in [0, 0.05) is 17.9 Å². The third-order valence-electron chi connectivity index (χ3n) is 9.48. The molecule has 0 saturated heterocycles. The van der Waals surface area contributed by atoms with Gasteiger partial charge >= 0.3 is 0 Å². The Balaban J connectivity index is 1.36. The highest BCUT2D eigenvalue weighted by atomic mass is 14.6. The summed E-state index contributed by atoms with van der Waals surface area (Å²) < 4.78 is 0. The van der Waals surface area contributed by atoms with Crippen LogP contribution >= 0.6 is 0 Å². The lowest BCUT2D eigenvalue weighted by Crippen LogP contribution is -2.30. The summed E-state index contributed by atoms with van der Waals surface area (Å²) in [6.07, 6.45) is 35.8. The number of fused-ring (bicyclic) bond motifs is 5. The van der Waals surface area contributed by atoms with Crippen LogP contribution in [0.15, 0.2) is 91.1 Å². The minimum Gasteiger partial charge on any atom is -0.324 e. The second kappa shape index (κ2) is 10.5. The van der Waals surface area contributed by atoms with Crippen molar-refractivity contribution in [2.45, 2.75) is 63.8 Å². The Labute approximate surface area is 223 Å². The maximum Gasteiger partial charge on any atom is 0.0252 e. The molecule has 2 N–H and O–H groups in total. The first kappa shape index (κ1) is 24.4. The van der Waals surface area contributed by atoms with Crippen molar-refractivity contribution in [2.24, 2.45) is 29.4 Å². The van der Waals surface area contributed by atoms with Gasteiger partial charge in [0.15, 0.2) is 0 Å². The van der Waals surface area contributed by atoms with Gasteiger partial charge in [0.25, 0.3) is 0 Å². The van der Waals surface area contributed by atoms with Crippen molar-refractivity contribution in [1.29, 1.82) is 0 Å². The first-order chi connectivity index (χ1) is 18.1. The molecule has 6 unspecified atom stereocenters. The smallest absolute Gasteiger partial charge is 0.0252 e. The molecule has 6 atom stereocenters. The van der Waals surface area contributed by atoms with Crippen LogP contribution < -0.4 is 5.73 Å². The highest BCUT2D eigenvalue weighted by Gasteiger charge is 2.37. The molecule has 6 rings (SSSR count). The van der Waals surface area contributed by atoms with E-state index in [0.717, 1.165) is 12.8 Å². The molecule has 0 aromatic heterocycles. The van der Waals surface area contributed by atoms with E-state index in [0.29, 0.717) is 29.6 Å². The Kier molecular flexibility index (Phi) is 6.91. The van der Waals surface area contributed by atoms with E-state index in [1.54, 1.807) is 0 Å². The van der Waals surface area contributed by atoms with E-state index in [1.807, 2.05) is 0 Å². The van der Waals surface area contributed by atoms with E-state index in [9.17, 15) is 0 Å². The minimum absolute atomic E-state index is 0.233. The molecule has 1 aromatic rings. The van der Waals surface area contributed by atoms with E-state index < -0.39 is 0 Å². The van der Waals surface area contributed by atoms with E-state index in [1.165, 1.54) is 71.1 Å². The summed E-state index contributed by atoms with van der Waals surface area (Å²) in [5.74, 6) is 2.57. The van der Waals surface area contributed by atoms with Gasteiger partial charge in [-0.1, -0.05) is 92.8 Å². The molecule has 190 valence electrons. The van der Waals surface area contributed by atoms with E-state index in [-0.39, 0.29) is 6.04 Å². The van der Waals surface area contributed by atoms with Crippen molar-refractivity contribution in [3.05, 3.63) is 113 Å². The van der Waals surface area contributed by atoms with E-state index in [2.05, 4.69) is 98.5 Å². The summed E-state index contributed by atoms with van der Waals surface area (Å²) >= 11 is 0. The Morgan fingerprint density at radius 3 is 2.76 bits per heavy atom. The monoisotopic (exact) mass is 487 g/mol. The van der Waals surface area contributed by atoms with Crippen molar-refractivity contribution >= 4 is 17.2 Å². The molecule has 1 nitrogen and oxygen atoms in total. The van der Waals surface area contributed by atoms with Gasteiger partial charge in [0.1, 0.15) is 0 Å². The molecule has 0 amide bonds. The van der Waals surface area contributed by atoms with Crippen molar-refractivity contribution in [3.8, 4) is 0 Å². The summed E-state index contributed by atoms with van der Waals surface area (Å²) in [6.45, 7) is 7.06. The molecule has 5 aliphatic carbocycles. The van der Waals surface area contributed by atoms with Crippen molar-refractivity contribution in [1.82, 2.24) is 0 Å². The zero-order chi connectivity index (χ0) is 25.4. The molecule has 5 aliphatic rings. The maximum absolute atomic E-state index is 6.43. The summed E-state index contributed by atoms with van der Waals surface area (Å²) in [4.78, 5) is 0. The first-order valence-corrected chi connectivity index (χ1v) is 14.5. The maximum atomic E-state index is 6.43. The Morgan fingerprint density at radius 2 is 1.86 bits per heavy atom.